The molecule has 0 spiro atoms. The van der Waals surface area contributed by atoms with Gasteiger partial charge in [-0.2, -0.15) is 0 Å². The Hall–Kier alpha value is -1.84. The lowest BCUT2D eigenvalue weighted by atomic mass is 9.97. The fourth-order valence-corrected chi connectivity index (χ4v) is 2.68. The van der Waals surface area contributed by atoms with Crippen LogP contribution in [0.2, 0.25) is 0 Å². The molecule has 1 aliphatic rings. The van der Waals surface area contributed by atoms with Crippen LogP contribution in [0.5, 0.6) is 0 Å². The zero-order chi connectivity index (χ0) is 13.8. The van der Waals surface area contributed by atoms with E-state index in [-0.39, 0.29) is 6.04 Å². The number of hydrogen-bond donors (Lipinski definition) is 1. The minimum atomic E-state index is -0.0877. The molecule has 2 aromatic carbocycles. The first-order chi connectivity index (χ1) is 9.86. The lowest BCUT2D eigenvalue weighted by Gasteiger charge is -2.31. The Balaban J connectivity index is 1.93. The van der Waals surface area contributed by atoms with Crippen LogP contribution in [0.25, 0.3) is 0 Å². The maximum atomic E-state index is 6.47. The predicted molar refractivity (Wildman–Crippen MR) is 81.9 cm³/mol. The molecule has 0 amide bonds. The number of morpholine rings is 1. The molecule has 0 aromatic heterocycles. The molecule has 0 radical (unpaired) electrons. The Morgan fingerprint density at radius 3 is 2.30 bits per heavy atom. The van der Waals surface area contributed by atoms with Crippen LogP contribution < -0.4 is 10.6 Å². The Labute approximate surface area is 120 Å². The molecular formula is C17H20N2O. The second-order valence-electron chi connectivity index (χ2n) is 5.05. The lowest BCUT2D eigenvalue weighted by molar-refractivity contribution is 0.122. The van der Waals surface area contributed by atoms with E-state index in [2.05, 4.69) is 41.3 Å². The molecule has 2 N–H and O–H groups in total. The van der Waals surface area contributed by atoms with E-state index >= 15 is 0 Å². The van der Waals surface area contributed by atoms with Gasteiger partial charge >= 0.3 is 0 Å². The van der Waals surface area contributed by atoms with E-state index in [1.54, 1.807) is 0 Å². The van der Waals surface area contributed by atoms with Gasteiger partial charge in [0.25, 0.3) is 0 Å². The summed E-state index contributed by atoms with van der Waals surface area (Å²) in [5.74, 6) is 0. The third kappa shape index (κ3) is 2.69. The van der Waals surface area contributed by atoms with Crippen LogP contribution in [0, 0.1) is 0 Å². The molecule has 0 bridgehead atoms. The summed E-state index contributed by atoms with van der Waals surface area (Å²) in [6.07, 6.45) is 0. The number of hydrogen-bond acceptors (Lipinski definition) is 3. The molecule has 104 valence electrons. The van der Waals surface area contributed by atoms with Crippen LogP contribution in [0.4, 0.5) is 5.69 Å². The van der Waals surface area contributed by atoms with Crippen molar-refractivity contribution in [3.8, 4) is 0 Å². The Bertz CT molecular complexity index is 550. The monoisotopic (exact) mass is 268 g/mol. The highest BCUT2D eigenvalue weighted by Crippen LogP contribution is 2.29. The highest BCUT2D eigenvalue weighted by Gasteiger charge is 2.18. The molecule has 1 aliphatic heterocycles. The summed E-state index contributed by atoms with van der Waals surface area (Å²) in [6, 6.07) is 18.6. The van der Waals surface area contributed by atoms with E-state index < -0.39 is 0 Å². The van der Waals surface area contributed by atoms with Crippen LogP contribution in [-0.4, -0.2) is 26.3 Å². The van der Waals surface area contributed by atoms with Crippen LogP contribution in [-0.2, 0) is 4.74 Å². The molecule has 1 fully saturated rings. The van der Waals surface area contributed by atoms with E-state index in [1.165, 1.54) is 11.3 Å². The van der Waals surface area contributed by atoms with E-state index in [4.69, 9.17) is 10.5 Å². The number of benzene rings is 2. The third-order valence-electron chi connectivity index (χ3n) is 3.78. The first-order valence-corrected chi connectivity index (χ1v) is 7.08. The quantitative estimate of drug-likeness (QED) is 0.930. The molecule has 1 atom stereocenters. The van der Waals surface area contributed by atoms with E-state index in [9.17, 15) is 0 Å². The zero-order valence-corrected chi connectivity index (χ0v) is 11.5. The largest absolute Gasteiger partial charge is 0.378 e. The number of anilines is 1. The SMILES string of the molecule is NC(c1ccccc1)c1ccccc1N1CCOCC1. The molecule has 0 saturated carbocycles. The van der Waals surface area contributed by atoms with Crippen LogP contribution >= 0.6 is 0 Å². The van der Waals surface area contributed by atoms with Crippen LogP contribution in [0.15, 0.2) is 54.6 Å². The highest BCUT2D eigenvalue weighted by molar-refractivity contribution is 5.57. The second-order valence-corrected chi connectivity index (χ2v) is 5.05. The summed E-state index contributed by atoms with van der Waals surface area (Å²) in [7, 11) is 0. The van der Waals surface area contributed by atoms with Gasteiger partial charge in [0.2, 0.25) is 0 Å². The van der Waals surface area contributed by atoms with Gasteiger partial charge in [0.1, 0.15) is 0 Å². The minimum Gasteiger partial charge on any atom is -0.378 e. The van der Waals surface area contributed by atoms with Crippen molar-refractivity contribution in [2.75, 3.05) is 31.2 Å². The standard InChI is InChI=1S/C17H20N2O/c18-17(14-6-2-1-3-7-14)15-8-4-5-9-16(15)19-10-12-20-13-11-19/h1-9,17H,10-13,18H2. The number of ether oxygens (including phenoxy) is 1. The smallest absolute Gasteiger partial charge is 0.0642 e. The van der Waals surface area contributed by atoms with Crippen molar-refractivity contribution in [1.29, 1.82) is 0 Å². The van der Waals surface area contributed by atoms with Crippen molar-refractivity contribution < 1.29 is 4.74 Å². The fourth-order valence-electron chi connectivity index (χ4n) is 2.68. The summed E-state index contributed by atoms with van der Waals surface area (Å²) in [5.41, 5.74) is 10.0. The van der Waals surface area contributed by atoms with Crippen LogP contribution in [0.3, 0.4) is 0 Å². The van der Waals surface area contributed by atoms with Crippen molar-refractivity contribution in [3.63, 3.8) is 0 Å². The summed E-state index contributed by atoms with van der Waals surface area (Å²) in [5, 5.41) is 0. The summed E-state index contributed by atoms with van der Waals surface area (Å²) in [4.78, 5) is 2.36. The summed E-state index contributed by atoms with van der Waals surface area (Å²) >= 11 is 0. The van der Waals surface area contributed by atoms with Gasteiger partial charge in [-0.15, -0.1) is 0 Å². The second kappa shape index (κ2) is 6.07. The molecule has 2 aromatic rings. The summed E-state index contributed by atoms with van der Waals surface area (Å²) < 4.78 is 5.43. The van der Waals surface area contributed by atoms with Gasteiger partial charge in [-0.3, -0.25) is 0 Å². The molecule has 1 saturated heterocycles. The molecule has 3 rings (SSSR count). The molecule has 1 unspecified atom stereocenters. The number of para-hydroxylation sites is 1. The van der Waals surface area contributed by atoms with Gasteiger partial charge in [-0.1, -0.05) is 48.5 Å². The Morgan fingerprint density at radius 1 is 0.900 bits per heavy atom. The first kappa shape index (κ1) is 13.2. The van der Waals surface area contributed by atoms with E-state index in [0.29, 0.717) is 0 Å². The molecular weight excluding hydrogens is 248 g/mol. The van der Waals surface area contributed by atoms with E-state index in [0.717, 1.165) is 31.9 Å². The average Bonchev–Trinajstić information content (AvgIpc) is 2.56. The van der Waals surface area contributed by atoms with Gasteiger partial charge in [0.05, 0.1) is 19.3 Å². The predicted octanol–water partition coefficient (Wildman–Crippen LogP) is 2.57. The Morgan fingerprint density at radius 2 is 1.55 bits per heavy atom. The Kier molecular flexibility index (Phi) is 4.00. The topological polar surface area (TPSA) is 38.5 Å². The fraction of sp³-hybridized carbons (Fsp3) is 0.294. The molecule has 3 nitrogen and oxygen atoms in total. The van der Waals surface area contributed by atoms with Gasteiger partial charge in [-0.05, 0) is 17.2 Å². The maximum absolute atomic E-state index is 6.47. The van der Waals surface area contributed by atoms with Crippen LogP contribution in [0.1, 0.15) is 17.2 Å². The zero-order valence-electron chi connectivity index (χ0n) is 11.5. The lowest BCUT2D eigenvalue weighted by Crippen LogP contribution is -2.37. The van der Waals surface area contributed by atoms with Crippen molar-refractivity contribution in [3.05, 3.63) is 65.7 Å². The maximum Gasteiger partial charge on any atom is 0.0642 e. The molecule has 1 heterocycles. The summed E-state index contributed by atoms with van der Waals surface area (Å²) in [6.45, 7) is 3.43. The van der Waals surface area contributed by atoms with Gasteiger partial charge < -0.3 is 15.4 Å². The van der Waals surface area contributed by atoms with Gasteiger partial charge in [0.15, 0.2) is 0 Å². The normalized spacial score (nSPS) is 16.9. The van der Waals surface area contributed by atoms with Gasteiger partial charge in [0, 0.05) is 18.8 Å². The highest BCUT2D eigenvalue weighted by atomic mass is 16.5. The van der Waals surface area contributed by atoms with Gasteiger partial charge in [-0.25, -0.2) is 0 Å². The molecule has 0 aliphatic carbocycles. The minimum absolute atomic E-state index is 0.0877. The molecule has 3 heteroatoms. The molecule has 20 heavy (non-hydrogen) atoms. The number of nitrogens with two attached hydrogens (primary N) is 1. The van der Waals surface area contributed by atoms with E-state index in [1.807, 2.05) is 18.2 Å². The average molecular weight is 268 g/mol. The van der Waals surface area contributed by atoms with Crippen molar-refractivity contribution in [1.82, 2.24) is 0 Å². The van der Waals surface area contributed by atoms with Crippen molar-refractivity contribution >= 4 is 5.69 Å². The third-order valence-corrected chi connectivity index (χ3v) is 3.78. The first-order valence-electron chi connectivity index (χ1n) is 7.08. The number of rotatable bonds is 3. The van der Waals surface area contributed by atoms with Crippen molar-refractivity contribution in [2.24, 2.45) is 5.73 Å². The number of nitrogens with zero attached hydrogens (tertiary/aromatic N) is 1. The van der Waals surface area contributed by atoms with Crippen molar-refractivity contribution in [2.45, 2.75) is 6.04 Å².